The Labute approximate surface area is 106 Å². The van der Waals surface area contributed by atoms with Crippen LogP contribution in [0.5, 0.6) is 11.5 Å². The lowest BCUT2D eigenvalue weighted by atomic mass is 10.2. The van der Waals surface area contributed by atoms with Gasteiger partial charge in [-0.15, -0.1) is 0 Å². The van der Waals surface area contributed by atoms with E-state index in [4.69, 9.17) is 19.1 Å². The minimum atomic E-state index is -3.96. The second-order valence-electron chi connectivity index (χ2n) is 3.81. The van der Waals surface area contributed by atoms with E-state index in [9.17, 15) is 5.11 Å². The summed E-state index contributed by atoms with van der Waals surface area (Å²) in [6.45, 7) is 0.340. The number of benzene rings is 1. The summed E-state index contributed by atoms with van der Waals surface area (Å²) in [5.41, 5.74) is 0.523. The number of hydrogen-bond donors (Lipinski definition) is 4. The highest BCUT2D eigenvalue weighted by Crippen LogP contribution is 2.27. The van der Waals surface area contributed by atoms with Crippen LogP contribution in [-0.4, -0.2) is 48.2 Å². The van der Waals surface area contributed by atoms with Crippen molar-refractivity contribution in [1.82, 2.24) is 0 Å². The third-order valence-electron chi connectivity index (χ3n) is 2.28. The van der Waals surface area contributed by atoms with Crippen molar-refractivity contribution in [3.8, 4) is 11.5 Å². The van der Waals surface area contributed by atoms with Gasteiger partial charge in [-0.25, -0.2) is 0 Å². The molecule has 0 atom stereocenters. The van der Waals surface area contributed by atoms with Gasteiger partial charge in [0.1, 0.15) is 0 Å². The van der Waals surface area contributed by atoms with E-state index in [1.54, 1.807) is 18.2 Å². The Morgan fingerprint density at radius 1 is 1.33 bits per heavy atom. The van der Waals surface area contributed by atoms with Gasteiger partial charge in [-0.2, -0.15) is 0 Å². The van der Waals surface area contributed by atoms with Crippen molar-refractivity contribution in [1.29, 1.82) is 0 Å². The van der Waals surface area contributed by atoms with Gasteiger partial charge < -0.3 is 24.2 Å². The molecular formula is C11H17NO5Si. The second-order valence-corrected chi connectivity index (χ2v) is 5.86. The molecule has 0 aliphatic carbocycles. The van der Waals surface area contributed by atoms with Crippen molar-refractivity contribution in [2.45, 2.75) is 12.5 Å². The molecule has 6 nitrogen and oxygen atoms in total. The molecule has 0 saturated heterocycles. The van der Waals surface area contributed by atoms with Crippen molar-refractivity contribution in [3.05, 3.63) is 23.8 Å². The molecule has 1 rings (SSSR count). The minimum absolute atomic E-state index is 0.0129. The monoisotopic (exact) mass is 271 g/mol. The predicted molar refractivity (Wildman–Crippen MR) is 69.0 cm³/mol. The fraction of sp³-hybridized carbons (Fsp3) is 0.364. The highest BCUT2D eigenvalue weighted by molar-refractivity contribution is 6.56. The van der Waals surface area contributed by atoms with Gasteiger partial charge in [0.15, 0.2) is 11.5 Å². The van der Waals surface area contributed by atoms with Crippen molar-refractivity contribution in [2.75, 3.05) is 13.7 Å². The summed E-state index contributed by atoms with van der Waals surface area (Å²) in [4.78, 5) is 30.4. The zero-order valence-electron chi connectivity index (χ0n) is 10.1. The molecule has 0 radical (unpaired) electrons. The molecule has 0 aromatic heterocycles. The normalized spacial score (nSPS) is 12.0. The molecule has 0 bridgehead atoms. The zero-order chi connectivity index (χ0) is 13.6. The van der Waals surface area contributed by atoms with Crippen molar-refractivity contribution in [3.63, 3.8) is 0 Å². The van der Waals surface area contributed by atoms with Gasteiger partial charge in [0.05, 0.1) is 7.11 Å². The number of nitrogens with zero attached hydrogens (tertiary/aromatic N) is 1. The van der Waals surface area contributed by atoms with Crippen LogP contribution >= 0.6 is 0 Å². The quantitative estimate of drug-likeness (QED) is 0.334. The molecule has 1 aromatic carbocycles. The molecule has 0 heterocycles. The van der Waals surface area contributed by atoms with Crippen molar-refractivity contribution in [2.24, 2.45) is 4.99 Å². The molecule has 4 N–H and O–H groups in total. The van der Waals surface area contributed by atoms with Crippen LogP contribution in [0.4, 0.5) is 0 Å². The molecule has 18 heavy (non-hydrogen) atoms. The van der Waals surface area contributed by atoms with E-state index >= 15 is 0 Å². The number of para-hydroxylation sites is 1. The van der Waals surface area contributed by atoms with Gasteiger partial charge in [0.25, 0.3) is 0 Å². The van der Waals surface area contributed by atoms with Gasteiger partial charge >= 0.3 is 8.80 Å². The average Bonchev–Trinajstić information content (AvgIpc) is 2.29. The summed E-state index contributed by atoms with van der Waals surface area (Å²) in [6.07, 6.45) is 1.85. The van der Waals surface area contributed by atoms with E-state index in [0.717, 1.165) is 0 Å². The molecule has 1 aromatic rings. The van der Waals surface area contributed by atoms with E-state index in [2.05, 4.69) is 4.99 Å². The Kier molecular flexibility index (Phi) is 5.29. The summed E-state index contributed by atoms with van der Waals surface area (Å²) < 4.78 is 4.95. The SMILES string of the molecule is COc1cccc(C=NCCC[Si](O)(O)O)c1O. The maximum absolute atomic E-state index is 9.75. The number of hydrogen-bond acceptors (Lipinski definition) is 6. The molecular weight excluding hydrogens is 254 g/mol. The number of phenolic OH excluding ortho intramolecular Hbond substituents is 1. The smallest absolute Gasteiger partial charge is 0.492 e. The molecule has 7 heteroatoms. The molecule has 0 aliphatic rings. The van der Waals surface area contributed by atoms with E-state index in [1.165, 1.54) is 13.3 Å². The molecule has 0 spiro atoms. The first-order valence-corrected chi connectivity index (χ1v) is 7.52. The summed E-state index contributed by atoms with van der Waals surface area (Å²) in [5, 5.41) is 9.75. The lowest BCUT2D eigenvalue weighted by Crippen LogP contribution is -2.34. The number of methoxy groups -OCH3 is 1. The van der Waals surface area contributed by atoms with Crippen LogP contribution in [0, 0.1) is 0 Å². The van der Waals surface area contributed by atoms with Crippen LogP contribution in [0.25, 0.3) is 0 Å². The first kappa shape index (κ1) is 14.6. The predicted octanol–water partition coefficient (Wildman–Crippen LogP) is 0.126. The van der Waals surface area contributed by atoms with Crippen molar-refractivity contribution >= 4 is 15.0 Å². The van der Waals surface area contributed by atoms with Crippen LogP contribution in [-0.2, 0) is 0 Å². The molecule has 0 fully saturated rings. The zero-order valence-corrected chi connectivity index (χ0v) is 11.1. The van der Waals surface area contributed by atoms with Crippen LogP contribution in [0.2, 0.25) is 6.04 Å². The molecule has 0 unspecified atom stereocenters. The Morgan fingerprint density at radius 2 is 2.06 bits per heavy atom. The fourth-order valence-corrected chi connectivity index (χ4v) is 2.01. The van der Waals surface area contributed by atoms with Crippen molar-refractivity contribution < 1.29 is 24.2 Å². The average molecular weight is 271 g/mol. The topological polar surface area (TPSA) is 103 Å². The number of phenols is 1. The van der Waals surface area contributed by atoms with Crippen LogP contribution < -0.4 is 4.74 Å². The second kappa shape index (κ2) is 6.50. The number of aromatic hydroxyl groups is 1. The summed E-state index contributed by atoms with van der Waals surface area (Å²) >= 11 is 0. The number of ether oxygens (including phenoxy) is 1. The highest BCUT2D eigenvalue weighted by atomic mass is 28.4. The molecule has 0 amide bonds. The standard InChI is InChI=1S/C11H17NO5Si/c1-17-10-5-2-4-9(11(10)13)8-12-6-3-7-18(14,15)16/h2,4-5,8,13-16H,3,6-7H2,1H3. The molecule has 0 aliphatic heterocycles. The van der Waals surface area contributed by atoms with Gasteiger partial charge in [0, 0.05) is 24.4 Å². The molecule has 100 valence electrons. The lowest BCUT2D eigenvalue weighted by Gasteiger charge is -2.07. The number of rotatable bonds is 6. The Balaban J connectivity index is 2.52. The van der Waals surface area contributed by atoms with E-state index < -0.39 is 8.80 Å². The van der Waals surface area contributed by atoms with E-state index in [-0.39, 0.29) is 11.8 Å². The molecule has 0 saturated carbocycles. The van der Waals surface area contributed by atoms with Gasteiger partial charge in [0.2, 0.25) is 0 Å². The lowest BCUT2D eigenvalue weighted by molar-refractivity contribution is 0.227. The Morgan fingerprint density at radius 3 is 2.67 bits per heavy atom. The fourth-order valence-electron chi connectivity index (χ4n) is 1.38. The number of aliphatic imine (C=N–C) groups is 1. The minimum Gasteiger partial charge on any atom is -0.504 e. The summed E-state index contributed by atoms with van der Waals surface area (Å²) in [6, 6.07) is 5.00. The first-order valence-electron chi connectivity index (χ1n) is 5.47. The van der Waals surface area contributed by atoms with E-state index in [1.807, 2.05) is 0 Å². The van der Waals surface area contributed by atoms with Gasteiger partial charge in [-0.3, -0.25) is 4.99 Å². The highest BCUT2D eigenvalue weighted by Gasteiger charge is 2.25. The van der Waals surface area contributed by atoms with Gasteiger partial charge in [-0.1, -0.05) is 6.07 Å². The maximum atomic E-state index is 9.75. The Bertz CT molecular complexity index is 416. The summed E-state index contributed by atoms with van der Waals surface area (Å²) in [7, 11) is -2.49. The van der Waals surface area contributed by atoms with Crippen LogP contribution in [0.3, 0.4) is 0 Å². The van der Waals surface area contributed by atoms with E-state index in [0.29, 0.717) is 24.3 Å². The van der Waals surface area contributed by atoms with Crippen LogP contribution in [0.1, 0.15) is 12.0 Å². The van der Waals surface area contributed by atoms with Crippen LogP contribution in [0.15, 0.2) is 23.2 Å². The largest absolute Gasteiger partial charge is 0.504 e. The van der Waals surface area contributed by atoms with Gasteiger partial charge in [-0.05, 0) is 18.6 Å². The third kappa shape index (κ3) is 4.84. The third-order valence-corrected chi connectivity index (χ3v) is 3.30. The summed E-state index contributed by atoms with van der Waals surface area (Å²) in [5.74, 6) is 0.380. The first-order chi connectivity index (χ1) is 8.44. The maximum Gasteiger partial charge on any atom is 0.492 e. The Hall–Kier alpha value is -1.41.